The van der Waals surface area contributed by atoms with E-state index in [2.05, 4.69) is 10.4 Å². The van der Waals surface area contributed by atoms with Crippen LogP contribution in [0.1, 0.15) is 45.6 Å². The zero-order chi connectivity index (χ0) is 24.2. The first kappa shape index (κ1) is 22.8. The van der Waals surface area contributed by atoms with E-state index in [1.165, 1.54) is 11.8 Å². The van der Waals surface area contributed by atoms with Crippen LogP contribution in [-0.4, -0.2) is 58.0 Å². The maximum atomic E-state index is 13.9. The first-order valence-corrected chi connectivity index (χ1v) is 11.8. The molecule has 8 nitrogen and oxygen atoms in total. The Morgan fingerprint density at radius 3 is 2.41 bits per heavy atom. The van der Waals surface area contributed by atoms with Gasteiger partial charge in [-0.3, -0.25) is 14.4 Å². The van der Waals surface area contributed by atoms with Crippen molar-refractivity contribution in [2.75, 3.05) is 22.9 Å². The number of carbonyl (C=O) groups is 2. The molecule has 1 aromatic heterocycles. The van der Waals surface area contributed by atoms with Gasteiger partial charge in [-0.25, -0.2) is 13.6 Å². The van der Waals surface area contributed by atoms with Crippen molar-refractivity contribution in [1.29, 1.82) is 0 Å². The largest absolute Gasteiger partial charge is 0.465 e. The number of carboxylic acid groups (broad SMARTS) is 1. The van der Waals surface area contributed by atoms with Crippen LogP contribution in [0.2, 0.25) is 0 Å². The van der Waals surface area contributed by atoms with Gasteiger partial charge < -0.3 is 15.3 Å². The van der Waals surface area contributed by atoms with E-state index < -0.39 is 24.1 Å². The monoisotopic (exact) mass is 473 g/mol. The molecule has 3 heterocycles. The zero-order valence-corrected chi connectivity index (χ0v) is 19.2. The van der Waals surface area contributed by atoms with Gasteiger partial charge in [-0.2, -0.15) is 5.10 Å². The highest BCUT2D eigenvalue weighted by Gasteiger charge is 2.48. The third kappa shape index (κ3) is 3.83. The average molecular weight is 474 g/mol. The zero-order valence-electron chi connectivity index (χ0n) is 19.2. The van der Waals surface area contributed by atoms with Crippen LogP contribution in [0.15, 0.2) is 30.6 Å². The van der Waals surface area contributed by atoms with Crippen LogP contribution in [0.4, 0.5) is 25.0 Å². The summed E-state index contributed by atoms with van der Waals surface area (Å²) in [6.45, 7) is 4.97. The Morgan fingerprint density at radius 1 is 1.12 bits per heavy atom. The molecule has 1 saturated heterocycles. The Morgan fingerprint density at radius 2 is 1.82 bits per heavy atom. The van der Waals surface area contributed by atoms with Crippen LogP contribution in [-0.2, 0) is 4.79 Å². The molecule has 0 radical (unpaired) electrons. The molecule has 0 bridgehead atoms. The number of nitrogens with zero attached hydrogens (tertiary/aromatic N) is 4. The van der Waals surface area contributed by atoms with Gasteiger partial charge in [0.15, 0.2) is 0 Å². The molecule has 3 aliphatic rings. The van der Waals surface area contributed by atoms with Crippen molar-refractivity contribution in [1.82, 2.24) is 15.1 Å². The number of anilines is 2. The predicted octanol–water partition coefficient (Wildman–Crippen LogP) is 4.13. The summed E-state index contributed by atoms with van der Waals surface area (Å²) in [5.41, 5.74) is 2.55. The van der Waals surface area contributed by atoms with Gasteiger partial charge in [-0.05, 0) is 43.4 Å². The Balaban J connectivity index is 1.56. The minimum atomic E-state index is -2.72. The van der Waals surface area contributed by atoms with E-state index in [9.17, 15) is 23.5 Å². The van der Waals surface area contributed by atoms with E-state index >= 15 is 0 Å². The predicted molar refractivity (Wildman–Crippen MR) is 123 cm³/mol. The van der Waals surface area contributed by atoms with Crippen molar-refractivity contribution in [2.24, 2.45) is 5.92 Å². The van der Waals surface area contributed by atoms with Crippen molar-refractivity contribution in [3.63, 3.8) is 0 Å². The summed E-state index contributed by atoms with van der Waals surface area (Å²) in [6.07, 6.45) is 2.44. The molecule has 2 atom stereocenters. The number of benzene rings is 1. The summed E-state index contributed by atoms with van der Waals surface area (Å²) < 4.78 is 29.6. The lowest BCUT2D eigenvalue weighted by Crippen LogP contribution is -2.61. The maximum absolute atomic E-state index is 13.9. The maximum Gasteiger partial charge on any atom is 0.412 e. The standard InChI is InChI=1S/C24H29F2N5O3/c1-14-22(16-5-7-24(25,26)8-6-16)31(23(33)34)21-9-17(3-4-20(21)30(14)15(2)32)18-10-28-29(13-18)19-11-27-12-19/h3-4,9-10,13-14,16,19,22,27H,5-8,11-12H2,1-2H3,(H,33,34)/t14-,22?/m0/s1. The lowest BCUT2D eigenvalue weighted by atomic mass is 9.77. The first-order valence-electron chi connectivity index (χ1n) is 11.8. The molecule has 0 spiro atoms. The van der Waals surface area contributed by atoms with Crippen molar-refractivity contribution in [3.05, 3.63) is 30.6 Å². The van der Waals surface area contributed by atoms with E-state index in [1.54, 1.807) is 23.2 Å². The second-order valence-corrected chi connectivity index (χ2v) is 9.69. The summed E-state index contributed by atoms with van der Waals surface area (Å²) in [4.78, 5) is 28.1. The van der Waals surface area contributed by atoms with Gasteiger partial charge in [0, 0.05) is 44.6 Å². The molecular formula is C24H29F2N5O3. The summed E-state index contributed by atoms with van der Waals surface area (Å²) in [5.74, 6) is -3.19. The number of alkyl halides is 2. The summed E-state index contributed by atoms with van der Waals surface area (Å²) in [7, 11) is 0. The highest BCUT2D eigenvalue weighted by Crippen LogP contribution is 2.47. The Labute approximate surface area is 196 Å². The third-order valence-corrected chi connectivity index (χ3v) is 7.55. The van der Waals surface area contributed by atoms with Gasteiger partial charge in [0.2, 0.25) is 11.8 Å². The van der Waals surface area contributed by atoms with Crippen molar-refractivity contribution < 1.29 is 23.5 Å². The number of carbonyl (C=O) groups excluding carboxylic acids is 1. The minimum absolute atomic E-state index is 0.206. The van der Waals surface area contributed by atoms with Crippen LogP contribution in [0.3, 0.4) is 0 Å². The normalized spacial score (nSPS) is 25.1. The minimum Gasteiger partial charge on any atom is -0.465 e. The van der Waals surface area contributed by atoms with Gasteiger partial charge >= 0.3 is 6.09 Å². The number of halogens is 2. The van der Waals surface area contributed by atoms with Crippen LogP contribution in [0.5, 0.6) is 0 Å². The van der Waals surface area contributed by atoms with Gasteiger partial charge in [0.25, 0.3) is 0 Å². The molecule has 2 amide bonds. The second kappa shape index (κ2) is 8.33. The molecule has 2 N–H and O–H groups in total. The quantitative estimate of drug-likeness (QED) is 0.700. The number of fused-ring (bicyclic) bond motifs is 1. The number of rotatable bonds is 3. The SMILES string of the molecule is CC(=O)N1c2ccc(-c3cnn(C4CNC4)c3)cc2N(C(=O)O)C(C2CCC(F)(F)CC2)[C@@H]1C. The Bertz CT molecular complexity index is 1110. The van der Waals surface area contributed by atoms with E-state index in [0.717, 1.165) is 24.2 Å². The number of hydrogen-bond donors (Lipinski definition) is 2. The summed E-state index contributed by atoms with van der Waals surface area (Å²) in [5, 5.41) is 17.9. The highest BCUT2D eigenvalue weighted by molar-refractivity contribution is 6.03. The molecule has 5 rings (SSSR count). The fourth-order valence-electron chi connectivity index (χ4n) is 5.69. The van der Waals surface area contributed by atoms with E-state index in [-0.39, 0.29) is 37.5 Å². The fraction of sp³-hybridized carbons (Fsp3) is 0.542. The van der Waals surface area contributed by atoms with E-state index in [1.807, 2.05) is 23.9 Å². The summed E-state index contributed by atoms with van der Waals surface area (Å²) in [6, 6.07) is 4.62. The lowest BCUT2D eigenvalue weighted by molar-refractivity contribution is -0.117. The number of hydrogen-bond acceptors (Lipinski definition) is 4. The van der Waals surface area contributed by atoms with Crippen molar-refractivity contribution >= 4 is 23.4 Å². The van der Waals surface area contributed by atoms with Crippen molar-refractivity contribution in [2.45, 2.75) is 63.6 Å². The van der Waals surface area contributed by atoms with Crippen LogP contribution >= 0.6 is 0 Å². The van der Waals surface area contributed by atoms with E-state index in [4.69, 9.17) is 0 Å². The van der Waals surface area contributed by atoms with Gasteiger partial charge in [0.1, 0.15) is 0 Å². The highest BCUT2D eigenvalue weighted by atomic mass is 19.3. The van der Waals surface area contributed by atoms with Crippen LogP contribution in [0, 0.1) is 5.92 Å². The lowest BCUT2D eigenvalue weighted by Gasteiger charge is -2.49. The molecule has 1 unspecified atom stereocenters. The Hall–Kier alpha value is -3.01. The topological polar surface area (TPSA) is 90.7 Å². The molecule has 1 saturated carbocycles. The smallest absolute Gasteiger partial charge is 0.412 e. The molecule has 2 fully saturated rings. The molecule has 10 heteroatoms. The van der Waals surface area contributed by atoms with Crippen LogP contribution in [0.25, 0.3) is 11.1 Å². The van der Waals surface area contributed by atoms with Crippen LogP contribution < -0.4 is 15.1 Å². The molecule has 182 valence electrons. The molecule has 1 aliphatic carbocycles. The van der Waals surface area contributed by atoms with Gasteiger partial charge in [0.05, 0.1) is 35.7 Å². The average Bonchev–Trinajstić information content (AvgIpc) is 3.20. The summed E-state index contributed by atoms with van der Waals surface area (Å²) >= 11 is 0. The first-order chi connectivity index (χ1) is 16.2. The molecule has 2 aliphatic heterocycles. The number of amides is 2. The van der Waals surface area contributed by atoms with Crippen molar-refractivity contribution in [3.8, 4) is 11.1 Å². The molecule has 34 heavy (non-hydrogen) atoms. The number of nitrogens with one attached hydrogen (secondary N) is 1. The second-order valence-electron chi connectivity index (χ2n) is 9.69. The molecule has 2 aromatic rings. The van der Waals surface area contributed by atoms with Gasteiger partial charge in [-0.15, -0.1) is 0 Å². The third-order valence-electron chi connectivity index (χ3n) is 7.55. The van der Waals surface area contributed by atoms with E-state index in [0.29, 0.717) is 17.4 Å². The molecule has 1 aromatic carbocycles. The molecular weight excluding hydrogens is 444 g/mol. The number of aromatic nitrogens is 2. The fourth-order valence-corrected chi connectivity index (χ4v) is 5.69. The Kier molecular flexibility index (Phi) is 5.58. The van der Waals surface area contributed by atoms with Gasteiger partial charge in [-0.1, -0.05) is 6.07 Å².